The fourth-order valence-electron chi connectivity index (χ4n) is 1.39. The second-order valence-corrected chi connectivity index (χ2v) is 4.45. The van der Waals surface area contributed by atoms with Gasteiger partial charge in [-0.3, -0.25) is 9.59 Å². The number of carbonyl (C=O) groups excluding carboxylic acids is 2. The van der Waals surface area contributed by atoms with Crippen LogP contribution in [0.3, 0.4) is 0 Å². The zero-order valence-electron chi connectivity index (χ0n) is 9.42. The average Bonchev–Trinajstić information content (AvgIpc) is 2.90. The highest BCUT2D eigenvalue weighted by Gasteiger charge is 2.10. The Bertz CT molecular complexity index is 559. The molecule has 1 heterocycles. The molecule has 0 aliphatic carbocycles. The number of hydrogen-bond donors (Lipinski definition) is 1. The van der Waals surface area contributed by atoms with Gasteiger partial charge in [0.15, 0.2) is 0 Å². The van der Waals surface area contributed by atoms with Gasteiger partial charge < -0.3 is 5.32 Å². The number of carbonyl (C=O) groups is 1. The summed E-state index contributed by atoms with van der Waals surface area (Å²) in [5.74, 6) is -0.448. The lowest BCUT2D eigenvalue weighted by atomic mass is 10.1. The topological polar surface area (TPSA) is 46.2 Å². The van der Waals surface area contributed by atoms with Crippen molar-refractivity contribution in [2.45, 2.75) is 0 Å². The SMILES string of the molecule is O=[C]C(=Cc1ccccc1)C(=O)Nc1cccs1. The average molecular weight is 256 g/mol. The van der Waals surface area contributed by atoms with E-state index in [2.05, 4.69) is 5.32 Å². The van der Waals surface area contributed by atoms with Gasteiger partial charge in [0, 0.05) is 0 Å². The van der Waals surface area contributed by atoms with Crippen LogP contribution in [-0.2, 0) is 9.59 Å². The summed E-state index contributed by atoms with van der Waals surface area (Å²) in [4.78, 5) is 22.6. The molecule has 89 valence electrons. The summed E-state index contributed by atoms with van der Waals surface area (Å²) in [6.07, 6.45) is 3.18. The number of rotatable bonds is 4. The Labute approximate surface area is 109 Å². The first-order valence-electron chi connectivity index (χ1n) is 5.29. The van der Waals surface area contributed by atoms with Crippen LogP contribution in [0, 0.1) is 0 Å². The molecule has 0 aliphatic rings. The molecule has 0 aliphatic heterocycles. The van der Waals surface area contributed by atoms with Crippen molar-refractivity contribution in [2.24, 2.45) is 0 Å². The quantitative estimate of drug-likeness (QED) is 0.519. The van der Waals surface area contributed by atoms with Gasteiger partial charge in [0.2, 0.25) is 6.29 Å². The van der Waals surface area contributed by atoms with Gasteiger partial charge >= 0.3 is 0 Å². The Balaban J connectivity index is 2.16. The van der Waals surface area contributed by atoms with Gasteiger partial charge in [0.05, 0.1) is 10.6 Å². The van der Waals surface area contributed by atoms with Crippen molar-refractivity contribution in [3.8, 4) is 0 Å². The summed E-state index contributed by atoms with van der Waals surface area (Å²) >= 11 is 1.40. The maximum absolute atomic E-state index is 11.8. The molecule has 18 heavy (non-hydrogen) atoms. The van der Waals surface area contributed by atoms with Crippen LogP contribution in [0.5, 0.6) is 0 Å². The zero-order chi connectivity index (χ0) is 12.8. The Morgan fingerprint density at radius 2 is 1.94 bits per heavy atom. The van der Waals surface area contributed by atoms with Gasteiger partial charge in [-0.1, -0.05) is 30.3 Å². The van der Waals surface area contributed by atoms with E-state index in [1.807, 2.05) is 41.8 Å². The van der Waals surface area contributed by atoms with Crippen molar-refractivity contribution in [1.82, 2.24) is 0 Å². The standard InChI is InChI=1S/C14H10NO2S/c16-10-12(9-11-5-2-1-3-6-11)14(17)15-13-7-4-8-18-13/h1-9H,(H,15,17). The number of thiophene rings is 1. The first kappa shape index (κ1) is 12.3. The molecule has 0 saturated carbocycles. The van der Waals surface area contributed by atoms with Crippen LogP contribution >= 0.6 is 11.3 Å². The number of amides is 1. The van der Waals surface area contributed by atoms with Crippen molar-refractivity contribution in [2.75, 3.05) is 5.32 Å². The van der Waals surface area contributed by atoms with Gasteiger partial charge in [-0.25, -0.2) is 0 Å². The van der Waals surface area contributed by atoms with Crippen LogP contribution in [0.4, 0.5) is 5.00 Å². The molecule has 1 aromatic carbocycles. The van der Waals surface area contributed by atoms with Crippen molar-refractivity contribution in [1.29, 1.82) is 0 Å². The minimum atomic E-state index is -0.448. The van der Waals surface area contributed by atoms with Crippen LogP contribution in [-0.4, -0.2) is 12.2 Å². The summed E-state index contributed by atoms with van der Waals surface area (Å²) in [6.45, 7) is 0. The van der Waals surface area contributed by atoms with Crippen molar-refractivity contribution >= 4 is 34.6 Å². The third-order valence-electron chi connectivity index (χ3n) is 2.22. The van der Waals surface area contributed by atoms with E-state index < -0.39 is 5.91 Å². The second kappa shape index (κ2) is 5.93. The summed E-state index contributed by atoms with van der Waals surface area (Å²) in [7, 11) is 0. The van der Waals surface area contributed by atoms with E-state index in [1.54, 1.807) is 12.4 Å². The Hall–Kier alpha value is -2.20. The molecular formula is C14H10NO2S. The molecule has 0 saturated heterocycles. The molecule has 1 N–H and O–H groups in total. The van der Waals surface area contributed by atoms with Crippen LogP contribution in [0.15, 0.2) is 53.4 Å². The van der Waals surface area contributed by atoms with Gasteiger partial charge in [-0.2, -0.15) is 0 Å². The summed E-state index contributed by atoms with van der Waals surface area (Å²) in [5.41, 5.74) is 0.770. The van der Waals surface area contributed by atoms with Crippen LogP contribution < -0.4 is 5.32 Å². The summed E-state index contributed by atoms with van der Waals surface area (Å²) in [5, 5.41) is 5.19. The summed E-state index contributed by atoms with van der Waals surface area (Å²) < 4.78 is 0. The third kappa shape index (κ3) is 3.15. The van der Waals surface area contributed by atoms with Crippen molar-refractivity contribution < 1.29 is 9.59 Å². The van der Waals surface area contributed by atoms with Crippen LogP contribution in [0.2, 0.25) is 0 Å². The molecular weight excluding hydrogens is 246 g/mol. The fourth-order valence-corrected chi connectivity index (χ4v) is 2.00. The van der Waals surface area contributed by atoms with Gasteiger partial charge in [-0.15, -0.1) is 11.3 Å². The lowest BCUT2D eigenvalue weighted by Gasteiger charge is -2.01. The lowest BCUT2D eigenvalue weighted by molar-refractivity contribution is -0.112. The predicted octanol–water partition coefficient (Wildman–Crippen LogP) is 2.88. The largest absolute Gasteiger partial charge is 0.313 e. The van der Waals surface area contributed by atoms with E-state index in [1.165, 1.54) is 17.4 Å². The number of hydrogen-bond acceptors (Lipinski definition) is 3. The number of benzene rings is 1. The van der Waals surface area contributed by atoms with Gasteiger partial charge in [0.25, 0.3) is 5.91 Å². The van der Waals surface area contributed by atoms with E-state index in [0.29, 0.717) is 5.00 Å². The van der Waals surface area contributed by atoms with Crippen molar-refractivity contribution in [3.63, 3.8) is 0 Å². The molecule has 1 radical (unpaired) electrons. The normalized spacial score (nSPS) is 11.0. The predicted molar refractivity (Wildman–Crippen MR) is 73.1 cm³/mol. The third-order valence-corrected chi connectivity index (χ3v) is 3.01. The van der Waals surface area contributed by atoms with E-state index >= 15 is 0 Å². The molecule has 0 fully saturated rings. The minimum absolute atomic E-state index is 0.0189. The molecule has 1 aromatic heterocycles. The van der Waals surface area contributed by atoms with Gasteiger partial charge in [-0.05, 0) is 29.2 Å². The fraction of sp³-hybridized carbons (Fsp3) is 0. The van der Waals surface area contributed by atoms with Gasteiger partial charge in [0.1, 0.15) is 0 Å². The molecule has 4 heteroatoms. The number of nitrogens with one attached hydrogen (secondary N) is 1. The molecule has 3 nitrogen and oxygen atoms in total. The first-order chi connectivity index (χ1) is 8.79. The van der Waals surface area contributed by atoms with E-state index in [4.69, 9.17) is 0 Å². The van der Waals surface area contributed by atoms with Crippen molar-refractivity contribution in [3.05, 3.63) is 59.0 Å². The highest BCUT2D eigenvalue weighted by Crippen LogP contribution is 2.16. The first-order valence-corrected chi connectivity index (χ1v) is 6.17. The Morgan fingerprint density at radius 3 is 2.56 bits per heavy atom. The second-order valence-electron chi connectivity index (χ2n) is 3.50. The van der Waals surface area contributed by atoms with E-state index in [0.717, 1.165) is 5.56 Å². The summed E-state index contributed by atoms with van der Waals surface area (Å²) in [6, 6.07) is 12.8. The Kier molecular flexibility index (Phi) is 4.04. The Morgan fingerprint density at radius 1 is 1.17 bits per heavy atom. The maximum Gasteiger partial charge on any atom is 0.260 e. The van der Waals surface area contributed by atoms with Crippen LogP contribution in [0.1, 0.15) is 5.56 Å². The minimum Gasteiger partial charge on any atom is -0.313 e. The molecule has 2 aromatic rings. The molecule has 0 unspecified atom stereocenters. The van der Waals surface area contributed by atoms with Crippen LogP contribution in [0.25, 0.3) is 6.08 Å². The van der Waals surface area contributed by atoms with E-state index in [-0.39, 0.29) is 5.57 Å². The lowest BCUT2D eigenvalue weighted by Crippen LogP contribution is -2.14. The highest BCUT2D eigenvalue weighted by atomic mass is 32.1. The maximum atomic E-state index is 11.8. The molecule has 0 atom stereocenters. The molecule has 0 bridgehead atoms. The monoisotopic (exact) mass is 256 g/mol. The molecule has 2 rings (SSSR count). The molecule has 1 amide bonds. The number of anilines is 1. The smallest absolute Gasteiger partial charge is 0.260 e. The zero-order valence-corrected chi connectivity index (χ0v) is 10.2. The highest BCUT2D eigenvalue weighted by molar-refractivity contribution is 7.14. The molecule has 0 spiro atoms. The van der Waals surface area contributed by atoms with E-state index in [9.17, 15) is 9.59 Å².